The number of aliphatic hydroxyl groups is 1. The van der Waals surface area contributed by atoms with Gasteiger partial charge in [-0.3, -0.25) is 0 Å². The third-order valence-corrected chi connectivity index (χ3v) is 3.89. The fraction of sp³-hybridized carbons (Fsp3) is 0.136. The Kier molecular flexibility index (Phi) is 6.14. The summed E-state index contributed by atoms with van der Waals surface area (Å²) >= 11 is 0. The fourth-order valence-electron chi connectivity index (χ4n) is 2.54. The standard InChI is InChI=1S/C22H20O4/c23-20(18-12-6-2-7-13-18)21(25-16-17-10-4-1-5-11-17)22(24)26-19-14-8-3-9-15-19/h1-15,20-21,23H,16H2/t20-,21+/m1/s1. The molecule has 132 valence electrons. The average Bonchev–Trinajstić information content (AvgIpc) is 2.70. The number of benzene rings is 3. The molecule has 0 aliphatic carbocycles. The van der Waals surface area contributed by atoms with Crippen LogP contribution in [0.4, 0.5) is 0 Å². The van der Waals surface area contributed by atoms with E-state index in [0.717, 1.165) is 5.56 Å². The summed E-state index contributed by atoms with van der Waals surface area (Å²) in [7, 11) is 0. The Balaban J connectivity index is 1.77. The summed E-state index contributed by atoms with van der Waals surface area (Å²) in [6.45, 7) is 0.194. The minimum atomic E-state index is -1.14. The lowest BCUT2D eigenvalue weighted by Crippen LogP contribution is -2.34. The van der Waals surface area contributed by atoms with Crippen LogP contribution in [0.3, 0.4) is 0 Å². The van der Waals surface area contributed by atoms with E-state index >= 15 is 0 Å². The summed E-state index contributed by atoms with van der Waals surface area (Å²) in [5.41, 5.74) is 1.50. The zero-order chi connectivity index (χ0) is 18.2. The molecule has 0 spiro atoms. The van der Waals surface area contributed by atoms with E-state index in [1.807, 2.05) is 42.5 Å². The predicted molar refractivity (Wildman–Crippen MR) is 98.5 cm³/mol. The van der Waals surface area contributed by atoms with E-state index in [-0.39, 0.29) is 6.61 Å². The molecule has 3 aromatic rings. The van der Waals surface area contributed by atoms with Crippen molar-refractivity contribution in [3.8, 4) is 5.75 Å². The number of esters is 1. The summed E-state index contributed by atoms with van der Waals surface area (Å²) in [5, 5.41) is 10.7. The van der Waals surface area contributed by atoms with Gasteiger partial charge in [-0.15, -0.1) is 0 Å². The molecule has 0 unspecified atom stereocenters. The van der Waals surface area contributed by atoms with Crippen molar-refractivity contribution in [3.63, 3.8) is 0 Å². The smallest absolute Gasteiger partial charge is 0.343 e. The first kappa shape index (κ1) is 17.9. The van der Waals surface area contributed by atoms with Gasteiger partial charge in [-0.25, -0.2) is 4.79 Å². The summed E-state index contributed by atoms with van der Waals surface area (Å²) < 4.78 is 11.1. The first-order valence-electron chi connectivity index (χ1n) is 8.39. The molecule has 0 aromatic heterocycles. The Morgan fingerprint density at radius 2 is 1.35 bits per heavy atom. The van der Waals surface area contributed by atoms with Crippen molar-refractivity contribution in [3.05, 3.63) is 102 Å². The Morgan fingerprint density at radius 1 is 0.808 bits per heavy atom. The molecule has 2 atom stereocenters. The van der Waals surface area contributed by atoms with E-state index in [0.29, 0.717) is 11.3 Å². The van der Waals surface area contributed by atoms with Crippen molar-refractivity contribution in [2.75, 3.05) is 0 Å². The van der Waals surface area contributed by atoms with Crippen LogP contribution in [0.1, 0.15) is 17.2 Å². The van der Waals surface area contributed by atoms with E-state index < -0.39 is 18.2 Å². The molecule has 0 aliphatic heterocycles. The highest BCUT2D eigenvalue weighted by Crippen LogP contribution is 2.22. The molecule has 0 radical (unpaired) electrons. The fourth-order valence-corrected chi connectivity index (χ4v) is 2.54. The number of carbonyl (C=O) groups excluding carboxylic acids is 1. The first-order valence-corrected chi connectivity index (χ1v) is 8.39. The first-order chi connectivity index (χ1) is 12.7. The number of ether oxygens (including phenoxy) is 2. The Morgan fingerprint density at radius 3 is 1.96 bits per heavy atom. The van der Waals surface area contributed by atoms with Crippen molar-refractivity contribution >= 4 is 5.97 Å². The minimum absolute atomic E-state index is 0.194. The highest BCUT2D eigenvalue weighted by Gasteiger charge is 2.31. The van der Waals surface area contributed by atoms with Crippen LogP contribution in [-0.4, -0.2) is 17.2 Å². The molecule has 4 nitrogen and oxygen atoms in total. The van der Waals surface area contributed by atoms with Gasteiger partial charge in [-0.2, -0.15) is 0 Å². The molecule has 0 aliphatic rings. The summed E-state index contributed by atoms with van der Waals surface area (Å²) in [5.74, 6) is -0.227. The zero-order valence-corrected chi connectivity index (χ0v) is 14.2. The lowest BCUT2D eigenvalue weighted by Gasteiger charge is -2.22. The molecular formula is C22H20O4. The SMILES string of the molecule is O=C(Oc1ccccc1)[C@@H](OCc1ccccc1)[C@H](O)c1ccccc1. The maximum atomic E-state index is 12.6. The molecule has 0 saturated heterocycles. The van der Waals surface area contributed by atoms with Crippen molar-refractivity contribution < 1.29 is 19.4 Å². The molecular weight excluding hydrogens is 328 g/mol. The molecule has 3 rings (SSSR count). The summed E-state index contributed by atoms with van der Waals surface area (Å²) in [6, 6.07) is 27.2. The Hall–Kier alpha value is -2.95. The number of rotatable bonds is 7. The molecule has 1 N–H and O–H groups in total. The van der Waals surface area contributed by atoms with Crippen LogP contribution in [0.2, 0.25) is 0 Å². The molecule has 4 heteroatoms. The molecule has 0 heterocycles. The molecule has 0 fully saturated rings. The topological polar surface area (TPSA) is 55.8 Å². The minimum Gasteiger partial charge on any atom is -0.425 e. The van der Waals surface area contributed by atoms with Gasteiger partial charge < -0.3 is 14.6 Å². The molecule has 0 amide bonds. The monoisotopic (exact) mass is 348 g/mol. The third kappa shape index (κ3) is 4.79. The molecule has 0 bridgehead atoms. The van der Waals surface area contributed by atoms with Gasteiger partial charge in [-0.1, -0.05) is 78.9 Å². The normalized spacial score (nSPS) is 13.0. The largest absolute Gasteiger partial charge is 0.425 e. The van der Waals surface area contributed by atoms with Gasteiger partial charge in [0.25, 0.3) is 0 Å². The van der Waals surface area contributed by atoms with Crippen LogP contribution in [-0.2, 0) is 16.1 Å². The number of aliphatic hydroxyl groups excluding tert-OH is 1. The summed E-state index contributed by atoms with van der Waals surface area (Å²) in [4.78, 5) is 12.6. The van der Waals surface area contributed by atoms with Crippen molar-refractivity contribution in [1.29, 1.82) is 0 Å². The van der Waals surface area contributed by atoms with Gasteiger partial charge in [0.15, 0.2) is 6.10 Å². The van der Waals surface area contributed by atoms with Crippen LogP contribution in [0.15, 0.2) is 91.0 Å². The second-order valence-electron chi connectivity index (χ2n) is 5.81. The average molecular weight is 348 g/mol. The summed E-state index contributed by atoms with van der Waals surface area (Å²) in [6.07, 6.45) is -2.27. The number of hydrogen-bond acceptors (Lipinski definition) is 4. The van der Waals surface area contributed by atoms with Crippen molar-refractivity contribution in [2.24, 2.45) is 0 Å². The lowest BCUT2D eigenvalue weighted by molar-refractivity contribution is -0.157. The third-order valence-electron chi connectivity index (χ3n) is 3.89. The van der Waals surface area contributed by atoms with Gasteiger partial charge >= 0.3 is 5.97 Å². The maximum absolute atomic E-state index is 12.6. The van der Waals surface area contributed by atoms with Crippen LogP contribution in [0.25, 0.3) is 0 Å². The van der Waals surface area contributed by atoms with Crippen LogP contribution < -0.4 is 4.74 Å². The molecule has 3 aromatic carbocycles. The Bertz CT molecular complexity index is 803. The zero-order valence-electron chi connectivity index (χ0n) is 14.2. The van der Waals surface area contributed by atoms with E-state index in [1.54, 1.807) is 48.5 Å². The highest BCUT2D eigenvalue weighted by molar-refractivity contribution is 5.78. The van der Waals surface area contributed by atoms with E-state index in [2.05, 4.69) is 0 Å². The lowest BCUT2D eigenvalue weighted by atomic mass is 10.0. The van der Waals surface area contributed by atoms with Crippen LogP contribution >= 0.6 is 0 Å². The van der Waals surface area contributed by atoms with Gasteiger partial charge in [0.1, 0.15) is 11.9 Å². The molecule has 26 heavy (non-hydrogen) atoms. The van der Waals surface area contributed by atoms with E-state index in [9.17, 15) is 9.90 Å². The van der Waals surface area contributed by atoms with Gasteiger partial charge in [0, 0.05) is 0 Å². The highest BCUT2D eigenvalue weighted by atomic mass is 16.6. The van der Waals surface area contributed by atoms with Crippen LogP contribution in [0, 0.1) is 0 Å². The van der Waals surface area contributed by atoms with Crippen LogP contribution in [0.5, 0.6) is 5.75 Å². The Labute approximate surface area is 152 Å². The quantitative estimate of drug-likeness (QED) is 0.519. The van der Waals surface area contributed by atoms with Crippen molar-refractivity contribution in [2.45, 2.75) is 18.8 Å². The predicted octanol–water partition coefficient (Wildman–Crippen LogP) is 3.91. The van der Waals surface area contributed by atoms with Gasteiger partial charge in [0.2, 0.25) is 0 Å². The van der Waals surface area contributed by atoms with E-state index in [1.165, 1.54) is 0 Å². The van der Waals surface area contributed by atoms with E-state index in [4.69, 9.17) is 9.47 Å². The second kappa shape index (κ2) is 8.94. The van der Waals surface area contributed by atoms with Gasteiger partial charge in [0.05, 0.1) is 6.61 Å². The number of carbonyl (C=O) groups is 1. The molecule has 0 saturated carbocycles. The number of hydrogen-bond donors (Lipinski definition) is 1. The van der Waals surface area contributed by atoms with Gasteiger partial charge in [-0.05, 0) is 23.3 Å². The maximum Gasteiger partial charge on any atom is 0.343 e. The van der Waals surface area contributed by atoms with Crippen molar-refractivity contribution in [1.82, 2.24) is 0 Å². The second-order valence-corrected chi connectivity index (χ2v) is 5.81. The number of para-hydroxylation sites is 1.